The number of hydrogen-bond acceptors (Lipinski definition) is 0. The van der Waals surface area contributed by atoms with Gasteiger partial charge < -0.3 is 0 Å². The first-order chi connectivity index (χ1) is 9.36. The van der Waals surface area contributed by atoms with Gasteiger partial charge in [0, 0.05) is 0 Å². The van der Waals surface area contributed by atoms with Crippen molar-refractivity contribution in [1.29, 1.82) is 0 Å². The van der Waals surface area contributed by atoms with Crippen LogP contribution in [0.15, 0.2) is 72.8 Å². The molecule has 2 aromatic rings. The molecule has 0 nitrogen and oxygen atoms in total. The Morgan fingerprint density at radius 1 is 0.650 bits per heavy atom. The summed E-state index contributed by atoms with van der Waals surface area (Å²) >= 11 is 0.500. The van der Waals surface area contributed by atoms with E-state index < -0.39 is 0 Å². The third-order valence-corrected chi connectivity index (χ3v) is 2.29. The number of allylic oxidation sites excluding steroid dienone is 2. The maximum atomic E-state index is 2.25. The Bertz CT molecular complexity index is 442. The summed E-state index contributed by atoms with van der Waals surface area (Å²) in [6, 6.07) is 20.6. The van der Waals surface area contributed by atoms with Crippen LogP contribution in [0.2, 0.25) is 10.5 Å². The van der Waals surface area contributed by atoms with Gasteiger partial charge in [-0.25, -0.2) is 0 Å². The van der Waals surface area contributed by atoms with Gasteiger partial charge in [-0.05, 0) is 22.1 Å². The molecule has 0 spiro atoms. The molecule has 0 unspecified atom stereocenters. The summed E-state index contributed by atoms with van der Waals surface area (Å²) in [4.78, 5) is 0. The fourth-order valence-corrected chi connectivity index (χ4v) is 1.46. The summed E-state index contributed by atoms with van der Waals surface area (Å²) in [5.74, 6) is 0. The van der Waals surface area contributed by atoms with Crippen molar-refractivity contribution >= 4 is 23.1 Å². The van der Waals surface area contributed by atoms with Crippen molar-refractivity contribution in [3.8, 4) is 0 Å². The maximum absolute atomic E-state index is 2.25. The van der Waals surface area contributed by atoms with Crippen molar-refractivity contribution in [3.05, 3.63) is 83.9 Å². The molecule has 0 aliphatic heterocycles. The zero-order valence-corrected chi connectivity index (χ0v) is 13.1. The van der Waals surface area contributed by atoms with E-state index in [1.54, 1.807) is 0 Å². The minimum Gasteiger partial charge on any atom is -0.0149 e. The van der Waals surface area contributed by atoms with Gasteiger partial charge in [0.05, 0.1) is 0 Å². The van der Waals surface area contributed by atoms with Crippen LogP contribution in [-0.4, -0.2) is 11.0 Å². The summed E-state index contributed by atoms with van der Waals surface area (Å²) < 4.78 is 0. The molecular formula is C18H24SiTi. The Morgan fingerprint density at radius 3 is 1.25 bits per heavy atom. The van der Waals surface area contributed by atoms with Crippen LogP contribution in [0.1, 0.15) is 11.1 Å². The molecule has 0 bridgehead atoms. The monoisotopic (exact) mass is 316 g/mol. The summed E-state index contributed by atoms with van der Waals surface area (Å²) in [5.41, 5.74) is 2.44. The van der Waals surface area contributed by atoms with Crippen LogP contribution in [0.3, 0.4) is 0 Å². The topological polar surface area (TPSA) is 0 Å². The van der Waals surface area contributed by atoms with Gasteiger partial charge in [-0.1, -0.05) is 85.0 Å². The molecule has 2 heteroatoms. The van der Waals surface area contributed by atoms with Crippen LogP contribution in [0, 0.1) is 0 Å². The van der Waals surface area contributed by atoms with Crippen molar-refractivity contribution in [2.24, 2.45) is 0 Å². The second-order valence-corrected chi connectivity index (χ2v) is 5.60. The Kier molecular flexibility index (Phi) is 12.1. The maximum Gasteiger partial charge on any atom is -0.0149 e. The quantitative estimate of drug-likeness (QED) is 0.590. The second kappa shape index (κ2) is 12.9. The molecule has 0 aromatic heterocycles. The molecule has 2 aromatic carbocycles. The molecule has 0 fully saturated rings. The molecule has 0 saturated heterocycles. The van der Waals surface area contributed by atoms with Crippen molar-refractivity contribution in [3.63, 3.8) is 0 Å². The molecule has 0 atom stereocenters. The normalized spacial score (nSPS) is 9.70. The predicted octanol–water partition coefficient (Wildman–Crippen LogP) is 4.13. The fourth-order valence-electron chi connectivity index (χ4n) is 1.46. The molecule has 0 aliphatic carbocycles. The molecule has 0 radical (unpaired) electrons. The molecule has 0 amide bonds. The summed E-state index contributed by atoms with van der Waals surface area (Å²) in [7, 11) is 0. The fraction of sp³-hybridized carbons (Fsp3) is 0.111. The third kappa shape index (κ3) is 8.87. The van der Waals surface area contributed by atoms with Crippen molar-refractivity contribution < 1.29 is 19.2 Å². The van der Waals surface area contributed by atoms with E-state index in [1.807, 2.05) is 36.4 Å². The van der Waals surface area contributed by atoms with Gasteiger partial charge in [-0.2, -0.15) is 0 Å². The van der Waals surface area contributed by atoms with E-state index in [2.05, 4.69) is 59.0 Å². The summed E-state index contributed by atoms with van der Waals surface area (Å²) in [6.45, 7) is 0. The van der Waals surface area contributed by atoms with Crippen LogP contribution < -0.4 is 0 Å². The molecule has 0 aliphatic rings. The number of hydrogen-bond donors (Lipinski definition) is 0. The van der Waals surface area contributed by atoms with Crippen LogP contribution in [0.5, 0.6) is 0 Å². The van der Waals surface area contributed by atoms with Crippen LogP contribution in [-0.2, 0) is 19.2 Å². The molecular weight excluding hydrogens is 292 g/mol. The first-order valence-electron chi connectivity index (χ1n) is 6.40. The standard InChI is InChI=1S/C16H14.2CH3.H4Si.Ti/c1-3-9-15(10-4-1)13-7-8-14-16-11-5-2-6-12-16;;;;/h1-14H;2*1H3;1H4;. The average Bonchev–Trinajstić information content (AvgIpc) is 2.47. The van der Waals surface area contributed by atoms with Gasteiger partial charge in [0.1, 0.15) is 0 Å². The van der Waals surface area contributed by atoms with E-state index in [9.17, 15) is 0 Å². The molecule has 0 N–H and O–H groups in total. The largest absolute Gasteiger partial charge is 0.0149 e. The van der Waals surface area contributed by atoms with E-state index >= 15 is 0 Å². The third-order valence-electron chi connectivity index (χ3n) is 2.29. The first-order valence-corrected chi connectivity index (χ1v) is 9.52. The smallest absolute Gasteiger partial charge is 0.0149 e. The van der Waals surface area contributed by atoms with Gasteiger partial charge in [-0.3, -0.25) is 0 Å². The first kappa shape index (κ1) is 18.9. The van der Waals surface area contributed by atoms with Gasteiger partial charge in [0.2, 0.25) is 0 Å². The van der Waals surface area contributed by atoms with E-state index in [-0.39, 0.29) is 11.0 Å². The van der Waals surface area contributed by atoms with E-state index in [0.717, 1.165) is 0 Å². The van der Waals surface area contributed by atoms with Gasteiger partial charge >= 0.3 is 29.6 Å². The molecule has 20 heavy (non-hydrogen) atoms. The van der Waals surface area contributed by atoms with Gasteiger partial charge in [0.25, 0.3) is 0 Å². The van der Waals surface area contributed by atoms with Crippen molar-refractivity contribution in [2.75, 3.05) is 0 Å². The molecule has 0 saturated carbocycles. The number of benzene rings is 2. The molecule has 0 heterocycles. The van der Waals surface area contributed by atoms with E-state index in [0.29, 0.717) is 19.2 Å². The minimum absolute atomic E-state index is 0. The van der Waals surface area contributed by atoms with E-state index in [1.165, 1.54) is 11.1 Å². The average molecular weight is 316 g/mol. The van der Waals surface area contributed by atoms with Crippen LogP contribution in [0.4, 0.5) is 0 Å². The van der Waals surface area contributed by atoms with Gasteiger partial charge in [-0.15, -0.1) is 0 Å². The zero-order valence-electron chi connectivity index (χ0n) is 11.6. The van der Waals surface area contributed by atoms with Crippen molar-refractivity contribution in [1.82, 2.24) is 0 Å². The van der Waals surface area contributed by atoms with E-state index in [4.69, 9.17) is 0 Å². The zero-order chi connectivity index (χ0) is 13.8. The SMILES string of the molecule is C(C=Cc1ccccc1)=Cc1ccccc1.[CH3][Ti][CH3].[SiH4]. The van der Waals surface area contributed by atoms with Crippen LogP contribution >= 0.6 is 0 Å². The van der Waals surface area contributed by atoms with Gasteiger partial charge in [0.15, 0.2) is 0 Å². The molecule has 104 valence electrons. The second-order valence-electron chi connectivity index (χ2n) is 4.04. The van der Waals surface area contributed by atoms with Crippen LogP contribution in [0.25, 0.3) is 12.2 Å². The Hall–Kier alpha value is -1.15. The Balaban J connectivity index is 0.000000830. The summed E-state index contributed by atoms with van der Waals surface area (Å²) in [5, 5.41) is 4.50. The summed E-state index contributed by atoms with van der Waals surface area (Å²) in [6.07, 6.45) is 8.31. The molecule has 2 rings (SSSR count). The number of rotatable bonds is 3. The minimum atomic E-state index is 0. The Labute approximate surface area is 136 Å². The van der Waals surface area contributed by atoms with Crippen molar-refractivity contribution in [2.45, 2.75) is 10.5 Å². The predicted molar refractivity (Wildman–Crippen MR) is 94.0 cm³/mol. The Morgan fingerprint density at radius 2 is 0.950 bits per heavy atom.